The fourth-order valence-electron chi connectivity index (χ4n) is 10.9. The Balaban J connectivity index is 0.951. The summed E-state index contributed by atoms with van der Waals surface area (Å²) >= 11 is 0. The Hall–Kier alpha value is -9.97. The minimum atomic E-state index is 0.620. The summed E-state index contributed by atoms with van der Waals surface area (Å²) in [6.07, 6.45) is 0. The number of hydrogen-bond acceptors (Lipinski definition) is 3. The number of aromatic nitrogens is 5. The van der Waals surface area contributed by atoms with Crippen LogP contribution in [0.3, 0.4) is 0 Å². The molecule has 3 aromatic heterocycles. The molecule has 11 aromatic carbocycles. The van der Waals surface area contributed by atoms with Gasteiger partial charge >= 0.3 is 0 Å². The minimum absolute atomic E-state index is 0.620. The van der Waals surface area contributed by atoms with E-state index in [0.29, 0.717) is 17.5 Å². The molecule has 5 heteroatoms. The molecule has 3 heterocycles. The number of para-hydroxylation sites is 1. The molecular formula is C69H45N5. The third-order valence-corrected chi connectivity index (χ3v) is 14.4. The summed E-state index contributed by atoms with van der Waals surface area (Å²) in [6.45, 7) is 0. The summed E-state index contributed by atoms with van der Waals surface area (Å²) in [6, 6.07) is 97.4. The highest BCUT2D eigenvalue weighted by Gasteiger charge is 2.20. The van der Waals surface area contributed by atoms with Gasteiger partial charge in [-0.3, -0.25) is 0 Å². The van der Waals surface area contributed by atoms with Crippen LogP contribution in [0.15, 0.2) is 273 Å². The molecular weight excluding hydrogens is 899 g/mol. The first-order valence-electron chi connectivity index (χ1n) is 25.1. The van der Waals surface area contributed by atoms with E-state index in [4.69, 9.17) is 15.0 Å². The van der Waals surface area contributed by atoms with E-state index in [1.165, 1.54) is 54.8 Å². The third kappa shape index (κ3) is 7.54. The maximum absolute atomic E-state index is 5.12. The fourth-order valence-corrected chi connectivity index (χ4v) is 10.9. The van der Waals surface area contributed by atoms with Crippen LogP contribution in [0.1, 0.15) is 0 Å². The van der Waals surface area contributed by atoms with Gasteiger partial charge < -0.3 is 9.13 Å². The highest BCUT2D eigenvalue weighted by Crippen LogP contribution is 2.43. The maximum atomic E-state index is 5.12. The van der Waals surface area contributed by atoms with E-state index in [9.17, 15) is 0 Å². The maximum Gasteiger partial charge on any atom is 0.164 e. The van der Waals surface area contributed by atoms with Crippen LogP contribution in [-0.4, -0.2) is 24.1 Å². The Kier molecular flexibility index (Phi) is 10.4. The van der Waals surface area contributed by atoms with E-state index >= 15 is 0 Å². The van der Waals surface area contributed by atoms with Crippen molar-refractivity contribution in [1.82, 2.24) is 24.1 Å². The molecule has 14 aromatic rings. The molecule has 0 amide bonds. The zero-order chi connectivity index (χ0) is 49.0. The van der Waals surface area contributed by atoms with Crippen LogP contribution >= 0.6 is 0 Å². The van der Waals surface area contributed by atoms with Gasteiger partial charge in [-0.05, 0) is 111 Å². The zero-order valence-electron chi connectivity index (χ0n) is 40.2. The monoisotopic (exact) mass is 943 g/mol. The molecule has 0 bridgehead atoms. The summed E-state index contributed by atoms with van der Waals surface area (Å²) < 4.78 is 4.84. The smallest absolute Gasteiger partial charge is 0.164 e. The predicted octanol–water partition coefficient (Wildman–Crippen LogP) is 17.7. The van der Waals surface area contributed by atoms with Crippen molar-refractivity contribution >= 4 is 43.6 Å². The van der Waals surface area contributed by atoms with E-state index in [1.54, 1.807) is 0 Å². The Morgan fingerprint density at radius 3 is 1.20 bits per heavy atom. The first kappa shape index (κ1) is 42.9. The molecule has 0 unspecified atom stereocenters. The van der Waals surface area contributed by atoms with Crippen LogP contribution in [-0.2, 0) is 0 Å². The molecule has 0 aliphatic carbocycles. The van der Waals surface area contributed by atoms with E-state index in [0.717, 1.165) is 61.4 Å². The largest absolute Gasteiger partial charge is 0.309 e. The van der Waals surface area contributed by atoms with Crippen molar-refractivity contribution < 1.29 is 0 Å². The lowest BCUT2D eigenvalue weighted by Crippen LogP contribution is -2.00. The summed E-state index contributed by atoms with van der Waals surface area (Å²) in [4.78, 5) is 15.2. The molecule has 0 N–H and O–H groups in total. The van der Waals surface area contributed by atoms with Gasteiger partial charge in [0.05, 0.1) is 22.1 Å². The van der Waals surface area contributed by atoms with Crippen molar-refractivity contribution in [3.63, 3.8) is 0 Å². The quantitative estimate of drug-likeness (QED) is 0.145. The van der Waals surface area contributed by atoms with E-state index < -0.39 is 0 Å². The summed E-state index contributed by atoms with van der Waals surface area (Å²) in [7, 11) is 0. The van der Waals surface area contributed by atoms with Crippen molar-refractivity contribution in [2.45, 2.75) is 0 Å². The van der Waals surface area contributed by atoms with Gasteiger partial charge in [0, 0.05) is 49.6 Å². The van der Waals surface area contributed by atoms with Crippen LogP contribution < -0.4 is 0 Å². The molecule has 74 heavy (non-hydrogen) atoms. The standard InChI is InChI=1S/C69H45N5/c1-5-19-46(20-6-1)50-27-16-31-56(42-50)73-62-35-14-13-33-59(62)60-44-52(37-39-63(60)73)53-38-40-64-61(45-53)66-58(34-18-36-65(66)74(64)57-32-17-28-51(43-57)47-21-7-2-8-22-47)54-29-15-30-55(41-54)69-71-67(48-23-9-3-10-24-48)70-68(72-69)49-25-11-4-12-26-49/h1-45H. The van der Waals surface area contributed by atoms with Crippen LogP contribution in [0, 0.1) is 0 Å². The van der Waals surface area contributed by atoms with Gasteiger partial charge in [-0.25, -0.2) is 15.0 Å². The summed E-state index contributed by atoms with van der Waals surface area (Å²) in [5.74, 6) is 1.89. The van der Waals surface area contributed by atoms with Crippen LogP contribution in [0.25, 0.3) is 134 Å². The molecule has 0 saturated carbocycles. The molecule has 5 nitrogen and oxygen atoms in total. The van der Waals surface area contributed by atoms with Crippen molar-refractivity contribution in [3.05, 3.63) is 273 Å². The lowest BCUT2D eigenvalue weighted by atomic mass is 9.96. The van der Waals surface area contributed by atoms with Crippen molar-refractivity contribution in [2.24, 2.45) is 0 Å². The van der Waals surface area contributed by atoms with E-state index in [2.05, 4.69) is 221 Å². The van der Waals surface area contributed by atoms with Crippen LogP contribution in [0.2, 0.25) is 0 Å². The van der Waals surface area contributed by atoms with Crippen LogP contribution in [0.4, 0.5) is 0 Å². The first-order valence-corrected chi connectivity index (χ1v) is 25.1. The SMILES string of the molecule is c1ccc(-c2cccc(-n3c4ccccc4c4cc(-c5ccc6c(c5)c5c(-c7cccc(-c8nc(-c9ccccc9)nc(-c9ccccc9)n8)c7)cccc5n6-c5cccc(-c6ccccc6)c5)ccc43)c2)cc1. The van der Waals surface area contributed by atoms with Gasteiger partial charge in [0.2, 0.25) is 0 Å². The van der Waals surface area contributed by atoms with Crippen molar-refractivity contribution in [2.75, 3.05) is 0 Å². The molecule has 14 rings (SSSR count). The average molecular weight is 944 g/mol. The predicted molar refractivity (Wildman–Crippen MR) is 307 cm³/mol. The van der Waals surface area contributed by atoms with Gasteiger partial charge in [0.1, 0.15) is 0 Å². The topological polar surface area (TPSA) is 48.5 Å². The number of hydrogen-bond donors (Lipinski definition) is 0. The van der Waals surface area contributed by atoms with Crippen LogP contribution in [0.5, 0.6) is 0 Å². The zero-order valence-corrected chi connectivity index (χ0v) is 40.2. The average Bonchev–Trinajstić information content (AvgIpc) is 4.01. The molecule has 0 radical (unpaired) electrons. The Labute approximate surface area is 428 Å². The first-order chi connectivity index (χ1) is 36.7. The van der Waals surface area contributed by atoms with E-state index in [1.807, 2.05) is 60.7 Å². The number of benzene rings is 11. The highest BCUT2D eigenvalue weighted by molar-refractivity contribution is 6.17. The van der Waals surface area contributed by atoms with Gasteiger partial charge in [0.15, 0.2) is 17.5 Å². The second kappa shape index (κ2) is 18.0. The van der Waals surface area contributed by atoms with Gasteiger partial charge in [-0.1, -0.05) is 206 Å². The van der Waals surface area contributed by atoms with Gasteiger partial charge in [-0.2, -0.15) is 0 Å². The molecule has 0 saturated heterocycles. The second-order valence-corrected chi connectivity index (χ2v) is 18.8. The number of fused-ring (bicyclic) bond motifs is 6. The lowest BCUT2D eigenvalue weighted by molar-refractivity contribution is 1.07. The van der Waals surface area contributed by atoms with Gasteiger partial charge in [0.25, 0.3) is 0 Å². The molecule has 0 fully saturated rings. The lowest BCUT2D eigenvalue weighted by Gasteiger charge is -2.12. The number of nitrogens with zero attached hydrogens (tertiary/aromatic N) is 5. The Bertz CT molecular complexity index is 4350. The fraction of sp³-hybridized carbons (Fsp3) is 0. The Morgan fingerprint density at radius 1 is 0.216 bits per heavy atom. The normalized spacial score (nSPS) is 11.5. The third-order valence-electron chi connectivity index (χ3n) is 14.4. The molecule has 0 aliphatic rings. The van der Waals surface area contributed by atoms with Crippen molar-refractivity contribution in [3.8, 4) is 90.0 Å². The number of rotatable bonds is 9. The van der Waals surface area contributed by atoms with E-state index in [-0.39, 0.29) is 0 Å². The second-order valence-electron chi connectivity index (χ2n) is 18.8. The summed E-state index contributed by atoms with van der Waals surface area (Å²) in [5, 5.41) is 4.78. The highest BCUT2D eigenvalue weighted by atomic mass is 15.0. The van der Waals surface area contributed by atoms with Gasteiger partial charge in [-0.15, -0.1) is 0 Å². The molecule has 346 valence electrons. The molecule has 0 atom stereocenters. The summed E-state index contributed by atoms with van der Waals surface area (Å²) in [5.41, 5.74) is 18.9. The van der Waals surface area contributed by atoms with Crippen molar-refractivity contribution in [1.29, 1.82) is 0 Å². The minimum Gasteiger partial charge on any atom is -0.309 e. The molecule has 0 spiro atoms. The molecule has 0 aliphatic heterocycles. The Morgan fingerprint density at radius 2 is 0.608 bits per heavy atom.